The summed E-state index contributed by atoms with van der Waals surface area (Å²) in [4.78, 5) is 30.8. The van der Waals surface area contributed by atoms with Gasteiger partial charge < -0.3 is 4.90 Å². The summed E-state index contributed by atoms with van der Waals surface area (Å²) in [6, 6.07) is 8.91. The molecular weight excluding hydrogens is 376 g/mol. The van der Waals surface area contributed by atoms with Crippen LogP contribution in [0, 0.1) is 24.0 Å². The van der Waals surface area contributed by atoms with E-state index in [9.17, 15) is 14.9 Å². The Bertz CT molecular complexity index is 1370. The van der Waals surface area contributed by atoms with Gasteiger partial charge in [-0.15, -0.1) is 0 Å². The zero-order chi connectivity index (χ0) is 20.2. The molecule has 0 aliphatic heterocycles. The second-order valence-electron chi connectivity index (χ2n) is 6.97. The summed E-state index contributed by atoms with van der Waals surface area (Å²) in [5, 5.41) is 11.4. The van der Waals surface area contributed by atoms with Crippen LogP contribution in [0.5, 0.6) is 0 Å². The Labute approximate surface area is 164 Å². The van der Waals surface area contributed by atoms with Gasteiger partial charge in [-0.25, -0.2) is 9.38 Å². The third-order valence-corrected chi connectivity index (χ3v) is 5.80. The fourth-order valence-electron chi connectivity index (χ4n) is 3.22. The first-order valence-electron chi connectivity index (χ1n) is 8.66. The highest BCUT2D eigenvalue weighted by molar-refractivity contribution is 7.15. The van der Waals surface area contributed by atoms with Crippen molar-refractivity contribution in [2.45, 2.75) is 13.8 Å². The normalized spacial score (nSPS) is 12.2. The van der Waals surface area contributed by atoms with Crippen molar-refractivity contribution < 1.29 is 4.92 Å². The predicted octanol–water partition coefficient (Wildman–Crippen LogP) is 3.05. The Kier molecular flexibility index (Phi) is 4.15. The van der Waals surface area contributed by atoms with Gasteiger partial charge in [-0.3, -0.25) is 14.9 Å². The number of rotatable bonds is 3. The molecule has 8 heteroatoms. The van der Waals surface area contributed by atoms with Crippen molar-refractivity contribution in [3.63, 3.8) is 0 Å². The molecule has 0 spiro atoms. The molecule has 0 bridgehead atoms. The summed E-state index contributed by atoms with van der Waals surface area (Å²) in [5.74, 6) is 0. The van der Waals surface area contributed by atoms with Crippen LogP contribution in [0.2, 0.25) is 0 Å². The average Bonchev–Trinajstić information content (AvgIpc) is 3.11. The van der Waals surface area contributed by atoms with Gasteiger partial charge in [0.2, 0.25) is 0 Å². The molecule has 0 N–H and O–H groups in total. The molecule has 0 radical (unpaired) electrons. The summed E-state index contributed by atoms with van der Waals surface area (Å²) in [7, 11) is 3.51. The molecule has 4 rings (SSSR count). The van der Waals surface area contributed by atoms with Crippen LogP contribution >= 0.6 is 11.3 Å². The van der Waals surface area contributed by atoms with Crippen molar-refractivity contribution in [2.75, 3.05) is 19.0 Å². The van der Waals surface area contributed by atoms with E-state index in [1.807, 2.05) is 26.0 Å². The lowest BCUT2D eigenvalue weighted by molar-refractivity contribution is -0.384. The van der Waals surface area contributed by atoms with Crippen LogP contribution in [0.15, 0.2) is 35.1 Å². The van der Waals surface area contributed by atoms with Crippen LogP contribution in [0.25, 0.3) is 22.1 Å². The Morgan fingerprint density at radius 1 is 1.18 bits per heavy atom. The molecule has 28 heavy (non-hydrogen) atoms. The van der Waals surface area contributed by atoms with Gasteiger partial charge in [-0.05, 0) is 54.8 Å². The molecule has 7 nitrogen and oxygen atoms in total. The van der Waals surface area contributed by atoms with Gasteiger partial charge in [-0.1, -0.05) is 17.4 Å². The van der Waals surface area contributed by atoms with Gasteiger partial charge in [0.05, 0.1) is 20.5 Å². The van der Waals surface area contributed by atoms with Crippen molar-refractivity contribution in [3.05, 3.63) is 72.0 Å². The van der Waals surface area contributed by atoms with Crippen LogP contribution < -0.4 is 15.0 Å². The van der Waals surface area contributed by atoms with E-state index in [0.717, 1.165) is 22.2 Å². The number of nitro benzene ring substituents is 1. The second-order valence-corrected chi connectivity index (χ2v) is 7.98. The number of anilines is 1. The van der Waals surface area contributed by atoms with Crippen molar-refractivity contribution in [3.8, 4) is 0 Å². The molecule has 0 fully saturated rings. The lowest BCUT2D eigenvalue weighted by atomic mass is 10.1. The lowest BCUT2D eigenvalue weighted by Gasteiger charge is -2.12. The fourth-order valence-corrected chi connectivity index (χ4v) is 4.21. The molecule has 0 unspecified atom stereocenters. The molecule has 0 aliphatic carbocycles. The Hall–Kier alpha value is -3.26. The van der Waals surface area contributed by atoms with Crippen LogP contribution in [-0.4, -0.2) is 28.4 Å². The summed E-state index contributed by atoms with van der Waals surface area (Å²) >= 11 is 1.28. The zero-order valence-electron chi connectivity index (χ0n) is 15.9. The van der Waals surface area contributed by atoms with Gasteiger partial charge in [0, 0.05) is 20.2 Å². The van der Waals surface area contributed by atoms with E-state index in [0.29, 0.717) is 20.7 Å². The molecule has 142 valence electrons. The number of aromatic nitrogens is 2. The van der Waals surface area contributed by atoms with E-state index in [4.69, 9.17) is 0 Å². The number of benzene rings is 2. The van der Waals surface area contributed by atoms with Crippen LogP contribution in [-0.2, 0) is 0 Å². The van der Waals surface area contributed by atoms with Crippen molar-refractivity contribution in [1.29, 1.82) is 0 Å². The maximum atomic E-state index is 13.0. The Morgan fingerprint density at radius 2 is 1.89 bits per heavy atom. The zero-order valence-corrected chi connectivity index (χ0v) is 16.7. The van der Waals surface area contributed by atoms with Crippen LogP contribution in [0.4, 0.5) is 11.4 Å². The number of nitrogens with zero attached hydrogens (tertiary/aromatic N) is 4. The first-order valence-corrected chi connectivity index (χ1v) is 9.47. The number of hydrogen-bond acceptors (Lipinski definition) is 6. The highest BCUT2D eigenvalue weighted by atomic mass is 32.1. The number of nitro groups is 1. The number of thiazole rings is 1. The maximum absolute atomic E-state index is 13.0. The molecule has 0 saturated heterocycles. The Morgan fingerprint density at radius 3 is 2.57 bits per heavy atom. The number of aryl methyl sites for hydroxylation is 2. The monoisotopic (exact) mass is 394 g/mol. The lowest BCUT2D eigenvalue weighted by Crippen LogP contribution is -2.22. The minimum atomic E-state index is -0.412. The average molecular weight is 394 g/mol. The second kappa shape index (κ2) is 6.42. The highest BCUT2D eigenvalue weighted by Crippen LogP contribution is 2.28. The van der Waals surface area contributed by atoms with E-state index in [2.05, 4.69) is 4.98 Å². The topological polar surface area (TPSA) is 80.8 Å². The van der Waals surface area contributed by atoms with E-state index in [1.165, 1.54) is 17.4 Å². The summed E-state index contributed by atoms with van der Waals surface area (Å²) < 4.78 is 2.11. The molecule has 2 aromatic heterocycles. The quantitative estimate of drug-likeness (QED) is 0.394. The largest absolute Gasteiger partial charge is 0.372 e. The van der Waals surface area contributed by atoms with Crippen molar-refractivity contribution in [2.24, 2.45) is 0 Å². The molecule has 0 atom stereocenters. The molecule has 2 heterocycles. The van der Waals surface area contributed by atoms with E-state index >= 15 is 0 Å². The summed E-state index contributed by atoms with van der Waals surface area (Å²) in [6.07, 6.45) is 1.68. The van der Waals surface area contributed by atoms with Crippen LogP contribution in [0.3, 0.4) is 0 Å². The molecule has 0 saturated carbocycles. The minimum absolute atomic E-state index is 0.00378. The maximum Gasteiger partial charge on any atom is 0.293 e. The van der Waals surface area contributed by atoms with Gasteiger partial charge >= 0.3 is 0 Å². The highest BCUT2D eigenvalue weighted by Gasteiger charge is 2.16. The van der Waals surface area contributed by atoms with E-state index in [1.54, 1.807) is 41.6 Å². The first kappa shape index (κ1) is 18.1. The van der Waals surface area contributed by atoms with Gasteiger partial charge in [0.15, 0.2) is 4.96 Å². The van der Waals surface area contributed by atoms with E-state index in [-0.39, 0.29) is 11.2 Å². The molecule has 2 aromatic carbocycles. The number of imidazole rings is 1. The molecule has 0 aliphatic rings. The number of hydrogen-bond donors (Lipinski definition) is 0. The molecule has 4 aromatic rings. The summed E-state index contributed by atoms with van der Waals surface area (Å²) in [6.45, 7) is 4.02. The van der Waals surface area contributed by atoms with Crippen molar-refractivity contribution in [1.82, 2.24) is 9.38 Å². The fraction of sp³-hybridized carbons (Fsp3) is 0.200. The third kappa shape index (κ3) is 2.82. The molecule has 0 amide bonds. The smallest absolute Gasteiger partial charge is 0.293 e. The van der Waals surface area contributed by atoms with Crippen LogP contribution in [0.1, 0.15) is 16.7 Å². The SMILES string of the molecule is Cc1cc2nc3s/c(=C\c4ccc(N(C)C)c([N+](=O)[O-])c4)c(=O)n3c2cc1C. The predicted molar refractivity (Wildman–Crippen MR) is 113 cm³/mol. The number of fused-ring (bicyclic) bond motifs is 3. The standard InChI is InChI=1S/C20H18N4O3S/c1-11-7-14-16(8-12(11)2)23-19(25)18(28-20(23)21-14)10-13-5-6-15(22(3)4)17(9-13)24(26)27/h5-10H,1-4H3/b18-10-. The van der Waals surface area contributed by atoms with Gasteiger partial charge in [-0.2, -0.15) is 0 Å². The summed E-state index contributed by atoms with van der Waals surface area (Å²) in [5.41, 5.74) is 4.77. The Balaban J connectivity index is 1.92. The van der Waals surface area contributed by atoms with Crippen molar-refractivity contribution >= 4 is 44.8 Å². The van der Waals surface area contributed by atoms with Gasteiger partial charge in [0.25, 0.3) is 11.2 Å². The first-order chi connectivity index (χ1) is 13.3. The van der Waals surface area contributed by atoms with Gasteiger partial charge in [0.1, 0.15) is 5.69 Å². The third-order valence-electron chi connectivity index (χ3n) is 4.83. The molecular formula is C20H18N4O3S. The minimum Gasteiger partial charge on any atom is -0.372 e. The van der Waals surface area contributed by atoms with E-state index < -0.39 is 4.92 Å².